The fraction of sp³-hybridized carbons (Fsp3) is 0.440. The molecule has 0 bridgehead atoms. The van der Waals surface area contributed by atoms with Gasteiger partial charge < -0.3 is 20.7 Å². The van der Waals surface area contributed by atoms with E-state index in [4.69, 9.17) is 0 Å². The van der Waals surface area contributed by atoms with Gasteiger partial charge in [-0.15, -0.1) is 13.2 Å². The van der Waals surface area contributed by atoms with Crippen molar-refractivity contribution < 1.29 is 17.9 Å². The van der Waals surface area contributed by atoms with Crippen LogP contribution in [-0.4, -0.2) is 42.0 Å². The van der Waals surface area contributed by atoms with Gasteiger partial charge >= 0.3 is 6.36 Å². The fourth-order valence-electron chi connectivity index (χ4n) is 4.50. The molecule has 0 spiro atoms. The van der Waals surface area contributed by atoms with Gasteiger partial charge in [-0.1, -0.05) is 34.1 Å². The molecule has 0 amide bonds. The Bertz CT molecular complexity index is 1140. The first-order valence-electron chi connectivity index (χ1n) is 11.8. The summed E-state index contributed by atoms with van der Waals surface area (Å²) in [5, 5.41) is 11.2. The van der Waals surface area contributed by atoms with Crippen LogP contribution in [0.1, 0.15) is 37.7 Å². The number of anilines is 2. The lowest BCUT2D eigenvalue weighted by Gasteiger charge is -2.30. The Morgan fingerprint density at radius 2 is 1.77 bits per heavy atom. The Morgan fingerprint density at radius 1 is 1.03 bits per heavy atom. The first-order valence-corrected chi connectivity index (χ1v) is 12.6. The molecule has 1 aliphatic carbocycles. The molecule has 1 heterocycles. The number of hydrogen-bond acceptors (Lipinski definition) is 6. The number of nitrogens with one attached hydrogen (secondary N) is 3. The third kappa shape index (κ3) is 7.20. The molecular formula is C25H29BrF3N5O. The molecule has 1 fully saturated rings. The van der Waals surface area contributed by atoms with E-state index in [0.717, 1.165) is 55.4 Å². The Hall–Kier alpha value is -2.59. The first kappa shape index (κ1) is 25.5. The topological polar surface area (TPSA) is 71.1 Å². The minimum absolute atomic E-state index is 0.143. The second-order valence-corrected chi connectivity index (χ2v) is 9.63. The molecule has 0 saturated heterocycles. The Balaban J connectivity index is 1.23. The van der Waals surface area contributed by atoms with Crippen molar-refractivity contribution in [2.24, 2.45) is 0 Å². The van der Waals surface area contributed by atoms with Gasteiger partial charge in [0.15, 0.2) is 0 Å². The molecule has 1 aromatic heterocycles. The molecule has 0 unspecified atom stereocenters. The Labute approximate surface area is 211 Å². The maximum atomic E-state index is 12.7. The van der Waals surface area contributed by atoms with Crippen molar-refractivity contribution in [3.8, 4) is 5.75 Å². The highest BCUT2D eigenvalue weighted by atomic mass is 79.9. The number of benzene rings is 2. The molecular weight excluding hydrogens is 523 g/mol. The summed E-state index contributed by atoms with van der Waals surface area (Å²) in [4.78, 5) is 9.28. The monoisotopic (exact) mass is 551 g/mol. The molecule has 6 nitrogen and oxygen atoms in total. The number of nitrogens with zero attached hydrogens (tertiary/aromatic N) is 2. The average molecular weight is 552 g/mol. The van der Waals surface area contributed by atoms with Crippen LogP contribution in [0.2, 0.25) is 0 Å². The van der Waals surface area contributed by atoms with Crippen LogP contribution >= 0.6 is 15.9 Å². The van der Waals surface area contributed by atoms with E-state index in [1.165, 1.54) is 6.07 Å². The third-order valence-corrected chi connectivity index (χ3v) is 6.70. The summed E-state index contributed by atoms with van der Waals surface area (Å²) in [7, 11) is 1.86. The zero-order valence-corrected chi connectivity index (χ0v) is 21.0. The van der Waals surface area contributed by atoms with Crippen LogP contribution in [0.25, 0.3) is 10.9 Å². The van der Waals surface area contributed by atoms with Crippen molar-refractivity contribution >= 4 is 38.6 Å². The van der Waals surface area contributed by atoms with Crippen LogP contribution in [0, 0.1) is 0 Å². The Morgan fingerprint density at radius 3 is 2.51 bits per heavy atom. The molecule has 1 aliphatic rings. The molecule has 10 heteroatoms. The van der Waals surface area contributed by atoms with E-state index >= 15 is 0 Å². The lowest BCUT2D eigenvalue weighted by molar-refractivity contribution is -0.274. The van der Waals surface area contributed by atoms with E-state index in [2.05, 4.69) is 46.6 Å². The van der Waals surface area contributed by atoms with Gasteiger partial charge in [0, 0.05) is 29.0 Å². The van der Waals surface area contributed by atoms with Crippen LogP contribution in [0.15, 0.2) is 46.9 Å². The lowest BCUT2D eigenvalue weighted by Crippen LogP contribution is -2.37. The SMILES string of the molecule is CNc1nc(N[C@H]2CC[C@@H](NCCCc3ccc(Br)cc3OC(F)(F)F)CC2)nc2ccccc12. The van der Waals surface area contributed by atoms with E-state index in [0.29, 0.717) is 34.5 Å². The average Bonchev–Trinajstić information content (AvgIpc) is 2.82. The highest BCUT2D eigenvalue weighted by molar-refractivity contribution is 9.10. The molecule has 2 aromatic carbocycles. The summed E-state index contributed by atoms with van der Waals surface area (Å²) in [6, 6.07) is 13.4. The number of fused-ring (bicyclic) bond motifs is 1. The normalized spacial score (nSPS) is 18.4. The molecule has 4 rings (SSSR count). The molecule has 188 valence electrons. The predicted octanol–water partition coefficient (Wildman–Crippen LogP) is 6.28. The van der Waals surface area contributed by atoms with Crippen molar-refractivity contribution in [1.29, 1.82) is 0 Å². The second kappa shape index (κ2) is 11.4. The van der Waals surface area contributed by atoms with Gasteiger partial charge in [0.05, 0.1) is 5.52 Å². The van der Waals surface area contributed by atoms with Gasteiger partial charge in [-0.05, 0) is 74.9 Å². The summed E-state index contributed by atoms with van der Waals surface area (Å²) >= 11 is 3.21. The summed E-state index contributed by atoms with van der Waals surface area (Å²) in [5.74, 6) is 1.30. The van der Waals surface area contributed by atoms with Gasteiger partial charge in [-0.2, -0.15) is 4.98 Å². The largest absolute Gasteiger partial charge is 0.573 e. The molecule has 1 saturated carbocycles. The minimum atomic E-state index is -4.70. The molecule has 3 N–H and O–H groups in total. The van der Waals surface area contributed by atoms with Crippen molar-refractivity contribution in [1.82, 2.24) is 15.3 Å². The highest BCUT2D eigenvalue weighted by Crippen LogP contribution is 2.30. The number of aromatic nitrogens is 2. The van der Waals surface area contributed by atoms with Gasteiger partial charge in [-0.25, -0.2) is 4.98 Å². The number of para-hydroxylation sites is 1. The highest BCUT2D eigenvalue weighted by Gasteiger charge is 2.32. The zero-order chi connectivity index (χ0) is 24.8. The van der Waals surface area contributed by atoms with Gasteiger partial charge in [0.2, 0.25) is 5.95 Å². The fourth-order valence-corrected chi connectivity index (χ4v) is 4.84. The minimum Gasteiger partial charge on any atom is -0.405 e. The van der Waals surface area contributed by atoms with Crippen LogP contribution in [-0.2, 0) is 6.42 Å². The summed E-state index contributed by atoms with van der Waals surface area (Å²) in [6.45, 7) is 0.740. The maximum absolute atomic E-state index is 12.7. The summed E-state index contributed by atoms with van der Waals surface area (Å²) in [6.07, 6.45) is 0.572. The Kier molecular flexibility index (Phi) is 8.33. The quantitative estimate of drug-likeness (QED) is 0.272. The van der Waals surface area contributed by atoms with E-state index in [1.54, 1.807) is 12.1 Å². The van der Waals surface area contributed by atoms with E-state index in [9.17, 15) is 13.2 Å². The smallest absolute Gasteiger partial charge is 0.405 e. The summed E-state index contributed by atoms with van der Waals surface area (Å²) in [5.41, 5.74) is 1.45. The molecule has 35 heavy (non-hydrogen) atoms. The van der Waals surface area contributed by atoms with Crippen molar-refractivity contribution in [3.05, 3.63) is 52.5 Å². The van der Waals surface area contributed by atoms with Crippen molar-refractivity contribution in [2.75, 3.05) is 24.2 Å². The molecule has 3 aromatic rings. The van der Waals surface area contributed by atoms with Crippen molar-refractivity contribution in [3.63, 3.8) is 0 Å². The van der Waals surface area contributed by atoms with Crippen LogP contribution in [0.3, 0.4) is 0 Å². The lowest BCUT2D eigenvalue weighted by atomic mass is 9.91. The van der Waals surface area contributed by atoms with E-state index in [1.807, 2.05) is 31.3 Å². The number of halogens is 4. The van der Waals surface area contributed by atoms with Crippen LogP contribution < -0.4 is 20.7 Å². The molecule has 0 radical (unpaired) electrons. The number of rotatable bonds is 9. The van der Waals surface area contributed by atoms with E-state index in [-0.39, 0.29) is 5.75 Å². The number of alkyl halides is 3. The van der Waals surface area contributed by atoms with Gasteiger partial charge in [-0.3, -0.25) is 0 Å². The van der Waals surface area contributed by atoms with Crippen LogP contribution in [0.5, 0.6) is 5.75 Å². The molecule has 0 atom stereocenters. The third-order valence-electron chi connectivity index (χ3n) is 6.21. The zero-order valence-electron chi connectivity index (χ0n) is 19.5. The predicted molar refractivity (Wildman–Crippen MR) is 136 cm³/mol. The van der Waals surface area contributed by atoms with Crippen LogP contribution in [0.4, 0.5) is 24.9 Å². The van der Waals surface area contributed by atoms with E-state index < -0.39 is 6.36 Å². The molecule has 0 aliphatic heterocycles. The number of ether oxygens (including phenoxy) is 1. The first-order chi connectivity index (χ1) is 16.8. The number of hydrogen-bond donors (Lipinski definition) is 3. The van der Waals surface area contributed by atoms with Crippen molar-refractivity contribution in [2.45, 2.75) is 57.0 Å². The maximum Gasteiger partial charge on any atom is 0.573 e. The number of aryl methyl sites for hydroxylation is 1. The summed E-state index contributed by atoms with van der Waals surface area (Å²) < 4.78 is 42.8. The van der Waals surface area contributed by atoms with Gasteiger partial charge in [0.25, 0.3) is 0 Å². The standard InChI is InChI=1S/C25H29BrF3N5O/c1-30-23-20-6-2-3-7-21(20)33-24(34-23)32-19-12-10-18(11-13-19)31-14-4-5-16-8-9-17(26)15-22(16)35-25(27,28)29/h2-3,6-9,15,18-19,31H,4-5,10-14H2,1H3,(H2,30,32,33,34)/t18-,19+. The van der Waals surface area contributed by atoms with Gasteiger partial charge in [0.1, 0.15) is 11.6 Å². The second-order valence-electron chi connectivity index (χ2n) is 8.71.